The third kappa shape index (κ3) is 6.85. The molecule has 2 aromatic rings. The topological polar surface area (TPSA) is 64.6 Å². The van der Waals surface area contributed by atoms with E-state index in [0.717, 1.165) is 22.9 Å². The third-order valence-electron chi connectivity index (χ3n) is 3.81. The molecule has 0 radical (unpaired) electrons. The zero-order chi connectivity index (χ0) is 20.4. The van der Waals surface area contributed by atoms with E-state index in [9.17, 15) is 9.59 Å². The van der Waals surface area contributed by atoms with Crippen LogP contribution in [0.15, 0.2) is 53.0 Å². The maximum absolute atomic E-state index is 12.2. The normalized spacial score (nSPS) is 10.7. The number of rotatable bonds is 9. The van der Waals surface area contributed by atoms with Crippen LogP contribution in [0.1, 0.15) is 42.6 Å². The Balaban J connectivity index is 1.97. The van der Waals surface area contributed by atoms with Crippen molar-refractivity contribution in [3.63, 3.8) is 0 Å². The molecule has 148 valence electrons. The smallest absolute Gasteiger partial charge is 0.338 e. The number of halogens is 1. The Hall–Kier alpha value is -2.60. The molecule has 0 bridgehead atoms. The van der Waals surface area contributed by atoms with Crippen LogP contribution in [0.4, 0.5) is 5.69 Å². The Bertz CT molecular complexity index is 831. The van der Waals surface area contributed by atoms with Gasteiger partial charge in [0.2, 0.25) is 5.91 Å². The number of unbranched alkanes of at least 4 members (excludes halogenated alkanes) is 1. The van der Waals surface area contributed by atoms with Crippen LogP contribution >= 0.6 is 15.9 Å². The minimum atomic E-state index is -0.357. The van der Waals surface area contributed by atoms with Crippen molar-refractivity contribution in [2.45, 2.75) is 26.7 Å². The van der Waals surface area contributed by atoms with Crippen molar-refractivity contribution in [3.05, 3.63) is 64.1 Å². The summed E-state index contributed by atoms with van der Waals surface area (Å²) in [6, 6.07) is 12.2. The van der Waals surface area contributed by atoms with Gasteiger partial charge in [0, 0.05) is 21.8 Å². The van der Waals surface area contributed by atoms with Crippen molar-refractivity contribution in [2.24, 2.45) is 0 Å². The fourth-order valence-electron chi connectivity index (χ4n) is 2.37. The van der Waals surface area contributed by atoms with Crippen molar-refractivity contribution >= 4 is 39.6 Å². The second kappa shape index (κ2) is 11.3. The molecular formula is C22H24BrNO4. The monoisotopic (exact) mass is 445 g/mol. The average Bonchev–Trinajstić information content (AvgIpc) is 2.69. The predicted molar refractivity (Wildman–Crippen MR) is 115 cm³/mol. The molecule has 2 rings (SSSR count). The summed E-state index contributed by atoms with van der Waals surface area (Å²) in [4.78, 5) is 24.1. The van der Waals surface area contributed by atoms with E-state index in [0.29, 0.717) is 30.2 Å². The summed E-state index contributed by atoms with van der Waals surface area (Å²) in [5, 5.41) is 2.77. The molecule has 0 aliphatic carbocycles. The number of anilines is 1. The Morgan fingerprint density at radius 1 is 1.11 bits per heavy atom. The van der Waals surface area contributed by atoms with E-state index < -0.39 is 0 Å². The molecule has 0 unspecified atom stereocenters. The second-order valence-corrected chi connectivity index (χ2v) is 6.92. The van der Waals surface area contributed by atoms with E-state index in [1.165, 1.54) is 6.08 Å². The lowest BCUT2D eigenvalue weighted by atomic mass is 10.2. The molecule has 0 aliphatic rings. The van der Waals surface area contributed by atoms with Crippen molar-refractivity contribution in [3.8, 4) is 5.75 Å². The summed E-state index contributed by atoms with van der Waals surface area (Å²) < 4.78 is 11.6. The first-order chi connectivity index (χ1) is 13.5. The van der Waals surface area contributed by atoms with Gasteiger partial charge in [0.05, 0.1) is 18.8 Å². The first-order valence-corrected chi connectivity index (χ1v) is 10.0. The molecule has 0 spiro atoms. The number of hydrogen-bond acceptors (Lipinski definition) is 4. The van der Waals surface area contributed by atoms with Gasteiger partial charge in [-0.1, -0.05) is 29.3 Å². The molecule has 0 aromatic heterocycles. The van der Waals surface area contributed by atoms with Gasteiger partial charge in [-0.05, 0) is 61.9 Å². The van der Waals surface area contributed by atoms with Crippen LogP contribution < -0.4 is 10.1 Å². The molecule has 0 heterocycles. The second-order valence-electron chi connectivity index (χ2n) is 6.00. The summed E-state index contributed by atoms with van der Waals surface area (Å²) in [5.41, 5.74) is 1.86. The molecule has 0 saturated carbocycles. The molecule has 5 nitrogen and oxygen atoms in total. The highest BCUT2D eigenvalue weighted by atomic mass is 79.9. The fourth-order valence-corrected chi connectivity index (χ4v) is 2.75. The van der Waals surface area contributed by atoms with E-state index in [1.54, 1.807) is 30.3 Å². The lowest BCUT2D eigenvalue weighted by Crippen LogP contribution is -2.09. The number of ether oxygens (including phenoxy) is 2. The van der Waals surface area contributed by atoms with Crippen LogP contribution in [0.2, 0.25) is 0 Å². The van der Waals surface area contributed by atoms with Crippen molar-refractivity contribution in [2.75, 3.05) is 18.5 Å². The van der Waals surface area contributed by atoms with Gasteiger partial charge in [-0.25, -0.2) is 4.79 Å². The number of carbonyl (C=O) groups is 2. The number of hydrogen-bond donors (Lipinski definition) is 1. The first-order valence-electron chi connectivity index (χ1n) is 9.22. The Morgan fingerprint density at radius 2 is 1.86 bits per heavy atom. The summed E-state index contributed by atoms with van der Waals surface area (Å²) in [6.07, 6.45) is 4.95. The molecule has 28 heavy (non-hydrogen) atoms. The number of benzene rings is 2. The molecule has 1 N–H and O–H groups in total. The Kier molecular flexibility index (Phi) is 8.75. The minimum absolute atomic E-state index is 0.277. The summed E-state index contributed by atoms with van der Waals surface area (Å²) in [6.45, 7) is 4.90. The number of amides is 1. The summed E-state index contributed by atoms with van der Waals surface area (Å²) >= 11 is 3.42. The standard InChI is InChI=1S/C22H24BrNO4/c1-3-5-14-28-22(26)16-6-10-19(11-7-16)24-21(25)13-8-17-15-18(23)9-12-20(17)27-4-2/h6-13,15H,3-5,14H2,1-2H3,(H,24,25)/b13-8+. The highest BCUT2D eigenvalue weighted by Gasteiger charge is 2.07. The third-order valence-corrected chi connectivity index (χ3v) is 4.30. The number of carbonyl (C=O) groups excluding carboxylic acids is 2. The van der Waals surface area contributed by atoms with E-state index in [1.807, 2.05) is 32.0 Å². The quantitative estimate of drug-likeness (QED) is 0.316. The van der Waals surface area contributed by atoms with E-state index in [-0.39, 0.29) is 11.9 Å². The highest BCUT2D eigenvalue weighted by Crippen LogP contribution is 2.24. The number of nitrogens with one attached hydrogen (secondary N) is 1. The lowest BCUT2D eigenvalue weighted by Gasteiger charge is -2.08. The van der Waals surface area contributed by atoms with Gasteiger partial charge >= 0.3 is 5.97 Å². The van der Waals surface area contributed by atoms with E-state index >= 15 is 0 Å². The van der Waals surface area contributed by atoms with Gasteiger partial charge < -0.3 is 14.8 Å². The van der Waals surface area contributed by atoms with Crippen LogP contribution in [0.25, 0.3) is 6.08 Å². The molecule has 6 heteroatoms. The molecule has 2 aromatic carbocycles. The summed E-state index contributed by atoms with van der Waals surface area (Å²) in [5.74, 6) is 0.0747. The average molecular weight is 446 g/mol. The Labute approximate surface area is 173 Å². The van der Waals surface area contributed by atoms with Gasteiger partial charge in [0.15, 0.2) is 0 Å². The molecule has 0 atom stereocenters. The van der Waals surface area contributed by atoms with Crippen LogP contribution in [-0.4, -0.2) is 25.1 Å². The highest BCUT2D eigenvalue weighted by molar-refractivity contribution is 9.10. The van der Waals surface area contributed by atoms with Gasteiger partial charge in [-0.3, -0.25) is 4.79 Å². The molecular weight excluding hydrogens is 422 g/mol. The van der Waals surface area contributed by atoms with Crippen molar-refractivity contribution in [1.29, 1.82) is 0 Å². The first kappa shape index (κ1) is 21.7. The molecule has 0 fully saturated rings. The van der Waals surface area contributed by atoms with Gasteiger partial charge in [0.25, 0.3) is 0 Å². The maximum Gasteiger partial charge on any atom is 0.338 e. The van der Waals surface area contributed by atoms with Crippen LogP contribution in [0, 0.1) is 0 Å². The summed E-state index contributed by atoms with van der Waals surface area (Å²) in [7, 11) is 0. The van der Waals surface area contributed by atoms with Crippen molar-refractivity contribution in [1.82, 2.24) is 0 Å². The maximum atomic E-state index is 12.2. The predicted octanol–water partition coefficient (Wildman–Crippen LogP) is 5.46. The molecule has 0 saturated heterocycles. The van der Waals surface area contributed by atoms with Crippen LogP contribution in [0.5, 0.6) is 5.75 Å². The zero-order valence-electron chi connectivity index (χ0n) is 16.0. The minimum Gasteiger partial charge on any atom is -0.493 e. The number of esters is 1. The van der Waals surface area contributed by atoms with Gasteiger partial charge in [-0.15, -0.1) is 0 Å². The lowest BCUT2D eigenvalue weighted by molar-refractivity contribution is -0.111. The van der Waals surface area contributed by atoms with Gasteiger partial charge in [-0.2, -0.15) is 0 Å². The van der Waals surface area contributed by atoms with E-state index in [2.05, 4.69) is 21.2 Å². The molecule has 0 aliphatic heterocycles. The van der Waals surface area contributed by atoms with Crippen molar-refractivity contribution < 1.29 is 19.1 Å². The van der Waals surface area contributed by atoms with Gasteiger partial charge in [0.1, 0.15) is 5.75 Å². The van der Waals surface area contributed by atoms with E-state index in [4.69, 9.17) is 9.47 Å². The fraction of sp³-hybridized carbons (Fsp3) is 0.273. The Morgan fingerprint density at radius 3 is 2.54 bits per heavy atom. The molecule has 1 amide bonds. The van der Waals surface area contributed by atoms with Crippen LogP contribution in [-0.2, 0) is 9.53 Å². The van der Waals surface area contributed by atoms with Crippen LogP contribution in [0.3, 0.4) is 0 Å². The largest absolute Gasteiger partial charge is 0.493 e. The SMILES string of the molecule is CCCCOC(=O)c1ccc(NC(=O)/C=C/c2cc(Br)ccc2OCC)cc1. The zero-order valence-corrected chi connectivity index (χ0v) is 17.6.